The molecule has 2 atom stereocenters. The molecule has 0 bridgehead atoms. The number of hydrogen-bond acceptors (Lipinski definition) is 6. The van der Waals surface area contributed by atoms with Gasteiger partial charge in [0.05, 0.1) is 22.5 Å². The topological polar surface area (TPSA) is 122 Å². The summed E-state index contributed by atoms with van der Waals surface area (Å²) in [7, 11) is 0. The number of benzene rings is 1. The minimum Gasteiger partial charge on any atom is -0.481 e. The molecular formula is C17H17N3O5S. The third-order valence-corrected chi connectivity index (χ3v) is 5.29. The van der Waals surface area contributed by atoms with Crippen LogP contribution in [0, 0.1) is 22.0 Å². The van der Waals surface area contributed by atoms with E-state index in [2.05, 4.69) is 10.3 Å². The van der Waals surface area contributed by atoms with Crippen LogP contribution in [0.3, 0.4) is 0 Å². The molecule has 1 fully saturated rings. The maximum absolute atomic E-state index is 12.5. The van der Waals surface area contributed by atoms with Crippen molar-refractivity contribution < 1.29 is 19.6 Å². The molecule has 2 aromatic rings. The van der Waals surface area contributed by atoms with Crippen LogP contribution in [0.25, 0.3) is 11.3 Å². The normalized spacial score (nSPS) is 19.7. The number of anilines is 1. The molecule has 1 saturated carbocycles. The largest absolute Gasteiger partial charge is 0.481 e. The fraction of sp³-hybridized carbons (Fsp3) is 0.353. The fourth-order valence-electron chi connectivity index (χ4n) is 3.16. The molecule has 9 heteroatoms. The first-order valence-corrected chi connectivity index (χ1v) is 9.07. The lowest BCUT2D eigenvalue weighted by Gasteiger charge is -2.26. The summed E-state index contributed by atoms with van der Waals surface area (Å²) < 4.78 is 0. The molecule has 1 aliphatic carbocycles. The number of nitro benzene ring substituents is 1. The molecule has 136 valence electrons. The number of nitrogens with one attached hydrogen (secondary N) is 1. The van der Waals surface area contributed by atoms with Gasteiger partial charge in [0.1, 0.15) is 0 Å². The Hall–Kier alpha value is -2.81. The second-order valence-electron chi connectivity index (χ2n) is 6.17. The molecule has 1 aliphatic rings. The van der Waals surface area contributed by atoms with Gasteiger partial charge in [-0.25, -0.2) is 4.98 Å². The summed E-state index contributed by atoms with van der Waals surface area (Å²) in [5.74, 6) is -2.46. The van der Waals surface area contributed by atoms with E-state index >= 15 is 0 Å². The van der Waals surface area contributed by atoms with Gasteiger partial charge in [0.25, 0.3) is 5.69 Å². The van der Waals surface area contributed by atoms with Crippen molar-refractivity contribution in [3.8, 4) is 11.3 Å². The van der Waals surface area contributed by atoms with Crippen molar-refractivity contribution in [3.63, 3.8) is 0 Å². The van der Waals surface area contributed by atoms with Gasteiger partial charge < -0.3 is 10.4 Å². The number of amides is 1. The van der Waals surface area contributed by atoms with Crippen molar-refractivity contribution in [1.29, 1.82) is 0 Å². The highest BCUT2D eigenvalue weighted by Gasteiger charge is 2.35. The average molecular weight is 375 g/mol. The number of aliphatic carboxylic acids is 1. The lowest BCUT2D eigenvalue weighted by Crippen LogP contribution is -2.36. The summed E-state index contributed by atoms with van der Waals surface area (Å²) in [5, 5.41) is 24.8. The summed E-state index contributed by atoms with van der Waals surface area (Å²) in [6.07, 6.45) is 2.73. The third-order valence-electron chi connectivity index (χ3n) is 4.53. The highest BCUT2D eigenvalue weighted by molar-refractivity contribution is 7.14. The van der Waals surface area contributed by atoms with Crippen LogP contribution in [0.4, 0.5) is 10.8 Å². The van der Waals surface area contributed by atoms with E-state index in [4.69, 9.17) is 0 Å². The number of carboxylic acids is 1. The van der Waals surface area contributed by atoms with E-state index < -0.39 is 22.7 Å². The van der Waals surface area contributed by atoms with Crippen LogP contribution in [0.15, 0.2) is 29.6 Å². The highest BCUT2D eigenvalue weighted by atomic mass is 32.1. The van der Waals surface area contributed by atoms with Crippen molar-refractivity contribution >= 4 is 34.0 Å². The first-order valence-electron chi connectivity index (χ1n) is 8.19. The second kappa shape index (κ2) is 7.61. The van der Waals surface area contributed by atoms with Crippen LogP contribution in [0.2, 0.25) is 0 Å². The third kappa shape index (κ3) is 3.88. The molecule has 0 radical (unpaired) electrons. The molecule has 0 saturated heterocycles. The first kappa shape index (κ1) is 18.0. The Balaban J connectivity index is 1.70. The Kier molecular flexibility index (Phi) is 5.27. The van der Waals surface area contributed by atoms with Crippen LogP contribution in [-0.2, 0) is 9.59 Å². The van der Waals surface area contributed by atoms with Crippen LogP contribution < -0.4 is 5.32 Å². The molecule has 0 unspecified atom stereocenters. The molecule has 26 heavy (non-hydrogen) atoms. The number of nitrogens with zero attached hydrogens (tertiary/aromatic N) is 2. The summed E-state index contributed by atoms with van der Waals surface area (Å²) in [5.41, 5.74) is 1.29. The number of carbonyl (C=O) groups is 2. The van der Waals surface area contributed by atoms with Gasteiger partial charge in [0.2, 0.25) is 5.91 Å². The number of carboxylic acid groups (broad SMARTS) is 1. The SMILES string of the molecule is O=C(O)[C@@H]1CCCC[C@H]1C(=O)Nc1nc(-c2ccc([N+](=O)[O-])cc2)cs1. The monoisotopic (exact) mass is 375 g/mol. The van der Waals surface area contributed by atoms with Gasteiger partial charge in [0.15, 0.2) is 5.13 Å². The van der Waals surface area contributed by atoms with Crippen LogP contribution in [0.5, 0.6) is 0 Å². The van der Waals surface area contributed by atoms with E-state index in [0.29, 0.717) is 29.2 Å². The minimum atomic E-state index is -0.935. The number of aromatic nitrogens is 1. The molecule has 0 spiro atoms. The number of carbonyl (C=O) groups excluding carboxylic acids is 1. The lowest BCUT2D eigenvalue weighted by molar-refractivity contribution is -0.384. The molecule has 1 amide bonds. The molecular weight excluding hydrogens is 358 g/mol. The number of nitro groups is 1. The zero-order chi connectivity index (χ0) is 18.7. The van der Waals surface area contributed by atoms with E-state index in [0.717, 1.165) is 12.8 Å². The molecule has 2 N–H and O–H groups in total. The van der Waals surface area contributed by atoms with E-state index in [9.17, 15) is 24.8 Å². The van der Waals surface area contributed by atoms with Crippen molar-refractivity contribution in [2.75, 3.05) is 5.32 Å². The van der Waals surface area contributed by atoms with Gasteiger partial charge in [-0.05, 0) is 25.0 Å². The lowest BCUT2D eigenvalue weighted by atomic mass is 9.79. The standard InChI is InChI=1S/C17H17N3O5S/c21-15(12-3-1-2-4-13(12)16(22)23)19-17-18-14(9-26-17)10-5-7-11(8-6-10)20(24)25/h5-9,12-13H,1-4H2,(H,22,23)(H,18,19,21)/t12-,13-/m1/s1. The zero-order valence-electron chi connectivity index (χ0n) is 13.8. The number of non-ortho nitro benzene ring substituents is 1. The van der Waals surface area contributed by atoms with Crippen LogP contribution in [0.1, 0.15) is 25.7 Å². The molecule has 8 nitrogen and oxygen atoms in total. The highest BCUT2D eigenvalue weighted by Crippen LogP contribution is 2.32. The van der Waals surface area contributed by atoms with Gasteiger partial charge in [0, 0.05) is 23.1 Å². The Morgan fingerprint density at radius 3 is 2.46 bits per heavy atom. The zero-order valence-corrected chi connectivity index (χ0v) is 14.6. The number of hydrogen-bond donors (Lipinski definition) is 2. The smallest absolute Gasteiger partial charge is 0.307 e. The van der Waals surface area contributed by atoms with Crippen molar-refractivity contribution in [3.05, 3.63) is 39.8 Å². The van der Waals surface area contributed by atoms with Gasteiger partial charge in [-0.1, -0.05) is 12.8 Å². The molecule has 0 aliphatic heterocycles. The summed E-state index contributed by atoms with van der Waals surface area (Å²) in [4.78, 5) is 38.4. The van der Waals surface area contributed by atoms with Crippen molar-refractivity contribution in [2.24, 2.45) is 11.8 Å². The van der Waals surface area contributed by atoms with Crippen LogP contribution >= 0.6 is 11.3 Å². The first-order chi connectivity index (χ1) is 12.5. The minimum absolute atomic E-state index is 0.00508. The quantitative estimate of drug-likeness (QED) is 0.609. The van der Waals surface area contributed by atoms with Gasteiger partial charge in [-0.2, -0.15) is 0 Å². The molecule has 3 rings (SSSR count). The van der Waals surface area contributed by atoms with Gasteiger partial charge in [-0.3, -0.25) is 19.7 Å². The number of thiazole rings is 1. The Morgan fingerprint density at radius 1 is 1.19 bits per heavy atom. The van der Waals surface area contributed by atoms with Crippen molar-refractivity contribution in [2.45, 2.75) is 25.7 Å². The fourth-order valence-corrected chi connectivity index (χ4v) is 3.88. The van der Waals surface area contributed by atoms with Gasteiger partial charge >= 0.3 is 5.97 Å². The Labute approximate surface area is 153 Å². The second-order valence-corrected chi connectivity index (χ2v) is 7.02. The summed E-state index contributed by atoms with van der Waals surface area (Å²) >= 11 is 1.23. The van der Waals surface area contributed by atoms with E-state index in [1.54, 1.807) is 17.5 Å². The predicted octanol–water partition coefficient (Wildman–Crippen LogP) is 3.55. The van der Waals surface area contributed by atoms with E-state index in [-0.39, 0.29) is 11.6 Å². The van der Waals surface area contributed by atoms with Crippen molar-refractivity contribution in [1.82, 2.24) is 4.98 Å². The maximum Gasteiger partial charge on any atom is 0.307 e. The summed E-state index contributed by atoms with van der Waals surface area (Å²) in [6.45, 7) is 0. The van der Waals surface area contributed by atoms with Crippen LogP contribution in [-0.4, -0.2) is 26.9 Å². The maximum atomic E-state index is 12.5. The van der Waals surface area contributed by atoms with E-state index in [1.807, 2.05) is 0 Å². The Bertz CT molecular complexity index is 833. The predicted molar refractivity (Wildman–Crippen MR) is 95.9 cm³/mol. The van der Waals surface area contributed by atoms with E-state index in [1.165, 1.54) is 23.5 Å². The summed E-state index contributed by atoms with van der Waals surface area (Å²) in [6, 6.07) is 5.99. The average Bonchev–Trinajstić information content (AvgIpc) is 3.10. The molecule has 1 aromatic heterocycles. The number of rotatable bonds is 5. The molecule has 1 aromatic carbocycles. The van der Waals surface area contributed by atoms with Gasteiger partial charge in [-0.15, -0.1) is 11.3 Å². The molecule has 1 heterocycles. The Morgan fingerprint density at radius 2 is 1.85 bits per heavy atom.